The number of anilines is 1. The SMILES string of the molecule is N#CSc1ccc(NC(=O)c2cncc(Br)c2)cc1. The Bertz CT molecular complexity index is 637. The number of hydrogen-bond acceptors (Lipinski definition) is 4. The zero-order valence-corrected chi connectivity index (χ0v) is 12.0. The van der Waals surface area contributed by atoms with Crippen LogP contribution in [0.2, 0.25) is 0 Å². The zero-order valence-electron chi connectivity index (χ0n) is 9.63. The number of thiocyanates is 1. The van der Waals surface area contributed by atoms with Crippen molar-refractivity contribution in [3.05, 3.63) is 52.8 Å². The number of carbonyl (C=O) groups excluding carboxylic acids is 1. The van der Waals surface area contributed by atoms with Gasteiger partial charge in [-0.15, -0.1) is 0 Å². The number of hydrogen-bond donors (Lipinski definition) is 1. The van der Waals surface area contributed by atoms with Gasteiger partial charge in [0, 0.05) is 27.4 Å². The van der Waals surface area contributed by atoms with Gasteiger partial charge in [0.25, 0.3) is 5.91 Å². The third kappa shape index (κ3) is 3.81. The Morgan fingerprint density at radius 2 is 2.05 bits per heavy atom. The average Bonchev–Trinajstić information content (AvgIpc) is 2.41. The lowest BCUT2D eigenvalue weighted by molar-refractivity contribution is 0.102. The summed E-state index contributed by atoms with van der Waals surface area (Å²) in [4.78, 5) is 16.7. The molecule has 0 bridgehead atoms. The van der Waals surface area contributed by atoms with Gasteiger partial charge < -0.3 is 5.32 Å². The van der Waals surface area contributed by atoms with Gasteiger partial charge in [-0.25, -0.2) is 0 Å². The fourth-order valence-electron chi connectivity index (χ4n) is 1.40. The first kappa shape index (κ1) is 13.6. The van der Waals surface area contributed by atoms with Crippen LogP contribution in [0.1, 0.15) is 10.4 Å². The number of halogens is 1. The minimum absolute atomic E-state index is 0.227. The Hall–Kier alpha value is -1.84. The number of benzene rings is 1. The van der Waals surface area contributed by atoms with Crippen molar-refractivity contribution < 1.29 is 4.79 Å². The minimum Gasteiger partial charge on any atom is -0.322 e. The summed E-state index contributed by atoms with van der Waals surface area (Å²) in [5.74, 6) is -0.227. The molecule has 1 aromatic carbocycles. The van der Waals surface area contributed by atoms with Crippen LogP contribution in [0, 0.1) is 10.7 Å². The van der Waals surface area contributed by atoms with E-state index in [4.69, 9.17) is 5.26 Å². The first-order valence-corrected chi connectivity index (χ1v) is 6.88. The van der Waals surface area contributed by atoms with Crippen molar-refractivity contribution in [2.75, 3.05) is 5.32 Å². The topological polar surface area (TPSA) is 65.8 Å². The van der Waals surface area contributed by atoms with E-state index < -0.39 is 0 Å². The molecule has 0 atom stereocenters. The first-order valence-electron chi connectivity index (χ1n) is 5.27. The van der Waals surface area contributed by atoms with Gasteiger partial charge in [0.05, 0.1) is 5.56 Å². The van der Waals surface area contributed by atoms with Crippen LogP contribution in [-0.4, -0.2) is 10.9 Å². The van der Waals surface area contributed by atoms with E-state index in [1.165, 1.54) is 6.20 Å². The molecule has 1 aromatic heterocycles. The van der Waals surface area contributed by atoms with Crippen molar-refractivity contribution in [3.63, 3.8) is 0 Å². The third-order valence-electron chi connectivity index (χ3n) is 2.24. The maximum atomic E-state index is 11.9. The lowest BCUT2D eigenvalue weighted by Gasteiger charge is -2.05. The van der Waals surface area contributed by atoms with Crippen LogP contribution in [0.5, 0.6) is 0 Å². The van der Waals surface area contributed by atoms with Crippen molar-refractivity contribution in [1.82, 2.24) is 4.98 Å². The molecule has 1 N–H and O–H groups in total. The molecule has 0 radical (unpaired) electrons. The average molecular weight is 334 g/mol. The summed E-state index contributed by atoms with van der Waals surface area (Å²) in [6.45, 7) is 0. The van der Waals surface area contributed by atoms with Gasteiger partial charge in [0.15, 0.2) is 0 Å². The molecule has 0 aliphatic carbocycles. The van der Waals surface area contributed by atoms with E-state index in [1.807, 2.05) is 5.40 Å². The van der Waals surface area contributed by atoms with E-state index in [1.54, 1.807) is 36.5 Å². The van der Waals surface area contributed by atoms with Crippen molar-refractivity contribution in [1.29, 1.82) is 5.26 Å². The predicted molar refractivity (Wildman–Crippen MR) is 77.8 cm³/mol. The molecule has 0 saturated carbocycles. The van der Waals surface area contributed by atoms with Gasteiger partial charge in [-0.2, -0.15) is 5.26 Å². The molecule has 0 unspecified atom stereocenters. The predicted octanol–water partition coefficient (Wildman–Crippen LogP) is 3.67. The van der Waals surface area contributed by atoms with Crippen LogP contribution >= 0.6 is 27.7 Å². The maximum Gasteiger partial charge on any atom is 0.257 e. The van der Waals surface area contributed by atoms with Gasteiger partial charge in [-0.3, -0.25) is 9.78 Å². The van der Waals surface area contributed by atoms with Crippen molar-refractivity contribution >= 4 is 39.3 Å². The van der Waals surface area contributed by atoms with Crippen LogP contribution < -0.4 is 5.32 Å². The van der Waals surface area contributed by atoms with E-state index in [0.717, 1.165) is 21.1 Å². The Kier molecular flexibility index (Phi) is 4.55. The second kappa shape index (κ2) is 6.36. The minimum atomic E-state index is -0.227. The highest BCUT2D eigenvalue weighted by atomic mass is 79.9. The van der Waals surface area contributed by atoms with Gasteiger partial charge in [0.1, 0.15) is 5.40 Å². The van der Waals surface area contributed by atoms with Crippen LogP contribution in [0.4, 0.5) is 5.69 Å². The summed E-state index contributed by atoms with van der Waals surface area (Å²) in [5.41, 5.74) is 1.15. The number of amides is 1. The summed E-state index contributed by atoms with van der Waals surface area (Å²) in [6.07, 6.45) is 3.12. The Morgan fingerprint density at radius 3 is 2.68 bits per heavy atom. The molecule has 2 rings (SSSR count). The highest BCUT2D eigenvalue weighted by Crippen LogP contribution is 2.19. The molecule has 0 fully saturated rings. The lowest BCUT2D eigenvalue weighted by Crippen LogP contribution is -2.12. The second-order valence-electron chi connectivity index (χ2n) is 3.56. The molecular weight excluding hydrogens is 326 g/mol. The summed E-state index contributed by atoms with van der Waals surface area (Å²) < 4.78 is 0.751. The van der Waals surface area contributed by atoms with Gasteiger partial charge >= 0.3 is 0 Å². The van der Waals surface area contributed by atoms with Crippen LogP contribution in [0.15, 0.2) is 52.1 Å². The molecule has 1 heterocycles. The van der Waals surface area contributed by atoms with E-state index in [9.17, 15) is 4.79 Å². The number of pyridine rings is 1. The molecule has 19 heavy (non-hydrogen) atoms. The summed E-state index contributed by atoms with van der Waals surface area (Å²) in [5, 5.41) is 13.3. The number of nitrogens with one attached hydrogen (secondary N) is 1. The number of rotatable bonds is 3. The number of nitriles is 1. The van der Waals surface area contributed by atoms with Gasteiger partial charge in [0.2, 0.25) is 0 Å². The van der Waals surface area contributed by atoms with Crippen molar-refractivity contribution in [2.24, 2.45) is 0 Å². The Morgan fingerprint density at radius 1 is 1.32 bits per heavy atom. The fourth-order valence-corrected chi connectivity index (χ4v) is 2.14. The number of nitrogens with zero attached hydrogens (tertiary/aromatic N) is 2. The summed E-state index contributed by atoms with van der Waals surface area (Å²) in [7, 11) is 0. The monoisotopic (exact) mass is 333 g/mol. The van der Waals surface area contributed by atoms with E-state index >= 15 is 0 Å². The molecule has 0 aliphatic heterocycles. The molecular formula is C13H8BrN3OS. The third-order valence-corrected chi connectivity index (χ3v) is 3.28. The Balaban J connectivity index is 2.09. The van der Waals surface area contributed by atoms with E-state index in [0.29, 0.717) is 11.3 Å². The molecule has 2 aromatic rings. The maximum absolute atomic E-state index is 11.9. The quantitative estimate of drug-likeness (QED) is 0.687. The highest BCUT2D eigenvalue weighted by molar-refractivity contribution is 9.10. The second-order valence-corrected chi connectivity index (χ2v) is 5.34. The fraction of sp³-hybridized carbons (Fsp3) is 0. The standard InChI is InChI=1S/C13H8BrN3OS/c14-10-5-9(6-16-7-10)13(18)17-11-1-3-12(4-2-11)19-8-15/h1-7H,(H,17,18). The molecule has 4 nitrogen and oxygen atoms in total. The summed E-state index contributed by atoms with van der Waals surface area (Å²) >= 11 is 4.34. The number of thioether (sulfide) groups is 1. The number of aromatic nitrogens is 1. The van der Waals surface area contributed by atoms with Crippen molar-refractivity contribution in [2.45, 2.75) is 4.90 Å². The molecule has 1 amide bonds. The van der Waals surface area contributed by atoms with Crippen LogP contribution in [0.25, 0.3) is 0 Å². The molecule has 94 valence electrons. The normalized spacial score (nSPS) is 9.68. The highest BCUT2D eigenvalue weighted by Gasteiger charge is 2.06. The van der Waals surface area contributed by atoms with Crippen LogP contribution in [0.3, 0.4) is 0 Å². The smallest absolute Gasteiger partial charge is 0.257 e. The summed E-state index contributed by atoms with van der Waals surface area (Å²) in [6, 6.07) is 8.76. The molecule has 0 saturated heterocycles. The largest absolute Gasteiger partial charge is 0.322 e. The molecule has 0 spiro atoms. The van der Waals surface area contributed by atoms with Crippen LogP contribution in [-0.2, 0) is 0 Å². The molecule has 0 aliphatic rings. The molecule has 6 heteroatoms. The Labute approximate surface area is 123 Å². The first-order chi connectivity index (χ1) is 9.19. The van der Waals surface area contributed by atoms with Gasteiger partial charge in [-0.05, 0) is 58.0 Å². The van der Waals surface area contributed by atoms with Gasteiger partial charge in [-0.1, -0.05) is 0 Å². The van der Waals surface area contributed by atoms with Crippen molar-refractivity contribution in [3.8, 4) is 5.40 Å². The zero-order chi connectivity index (χ0) is 13.7. The van der Waals surface area contributed by atoms with E-state index in [-0.39, 0.29) is 5.91 Å². The number of carbonyl (C=O) groups is 1. The van der Waals surface area contributed by atoms with E-state index in [2.05, 4.69) is 26.2 Å². The lowest BCUT2D eigenvalue weighted by atomic mass is 10.2.